The number of ether oxygens (including phenoxy) is 1. The van der Waals surface area contributed by atoms with Gasteiger partial charge in [0.1, 0.15) is 12.6 Å². The van der Waals surface area contributed by atoms with E-state index in [0.717, 1.165) is 32.5 Å². The number of carbonyl (C=O) groups is 2. The zero-order valence-electron chi connectivity index (χ0n) is 17.7. The van der Waals surface area contributed by atoms with Crippen LogP contribution in [0.1, 0.15) is 37.8 Å². The van der Waals surface area contributed by atoms with Crippen molar-refractivity contribution in [2.24, 2.45) is 0 Å². The molecular weight excluding hydrogens is 438 g/mol. The molecule has 0 spiro atoms. The SMILES string of the molecule is CC(C)OCC(O)C[NH+]1CCC(=C(c2ccsc2)c2ccsc2)CC1.O=C([O-])C(=O)O. The minimum Gasteiger partial charge on any atom is -0.539 e. The molecule has 2 aromatic rings. The molecule has 31 heavy (non-hydrogen) atoms. The number of hydrogen-bond acceptors (Lipinski definition) is 7. The van der Waals surface area contributed by atoms with Crippen LogP contribution in [-0.4, -0.2) is 60.6 Å². The number of quaternary nitrogens is 1. The van der Waals surface area contributed by atoms with Crippen molar-refractivity contribution >= 4 is 40.2 Å². The quantitative estimate of drug-likeness (QED) is 0.522. The van der Waals surface area contributed by atoms with Crippen molar-refractivity contribution < 1.29 is 34.5 Å². The van der Waals surface area contributed by atoms with Gasteiger partial charge in [0.05, 0.1) is 25.8 Å². The van der Waals surface area contributed by atoms with E-state index in [-0.39, 0.29) is 12.2 Å². The maximum absolute atomic E-state index is 10.2. The van der Waals surface area contributed by atoms with Crippen molar-refractivity contribution in [3.63, 3.8) is 0 Å². The Morgan fingerprint density at radius 2 is 1.65 bits per heavy atom. The molecule has 1 aliphatic rings. The molecule has 1 aliphatic heterocycles. The lowest BCUT2D eigenvalue weighted by molar-refractivity contribution is -0.906. The monoisotopic (exact) mass is 467 g/mol. The number of carbonyl (C=O) groups excluding carboxylic acids is 1. The zero-order chi connectivity index (χ0) is 22.8. The van der Waals surface area contributed by atoms with Gasteiger partial charge < -0.3 is 29.8 Å². The second kappa shape index (κ2) is 12.7. The summed E-state index contributed by atoms with van der Waals surface area (Å²) in [7, 11) is 0. The topological polar surface area (TPSA) is 111 Å². The molecule has 1 saturated heterocycles. The highest BCUT2D eigenvalue weighted by Gasteiger charge is 2.23. The Morgan fingerprint density at radius 1 is 1.13 bits per heavy atom. The lowest BCUT2D eigenvalue weighted by atomic mass is 9.91. The molecule has 0 radical (unpaired) electrons. The molecule has 0 aromatic carbocycles. The van der Waals surface area contributed by atoms with Gasteiger partial charge in [0.2, 0.25) is 0 Å². The fourth-order valence-electron chi connectivity index (χ4n) is 3.44. The van der Waals surface area contributed by atoms with Gasteiger partial charge in [-0.25, -0.2) is 4.79 Å². The van der Waals surface area contributed by atoms with E-state index >= 15 is 0 Å². The number of thiophene rings is 2. The first-order valence-electron chi connectivity index (χ1n) is 10.1. The Labute approximate surface area is 190 Å². The number of piperidine rings is 1. The second-order valence-electron chi connectivity index (χ2n) is 7.59. The number of aliphatic hydroxyl groups is 1. The Morgan fingerprint density at radius 3 is 2.03 bits per heavy atom. The van der Waals surface area contributed by atoms with Crippen LogP contribution in [0.5, 0.6) is 0 Å². The van der Waals surface area contributed by atoms with Crippen LogP contribution in [0.25, 0.3) is 5.57 Å². The molecule has 1 unspecified atom stereocenters. The maximum atomic E-state index is 10.2. The first-order valence-corrected chi connectivity index (χ1v) is 12.0. The molecule has 3 N–H and O–H groups in total. The minimum atomic E-state index is -2.07. The smallest absolute Gasteiger partial charge is 0.351 e. The van der Waals surface area contributed by atoms with E-state index in [2.05, 4.69) is 33.7 Å². The van der Waals surface area contributed by atoms with Crippen LogP contribution in [0.3, 0.4) is 0 Å². The first-order chi connectivity index (χ1) is 14.8. The molecule has 0 amide bonds. The van der Waals surface area contributed by atoms with E-state index in [1.165, 1.54) is 21.6 Å². The third-order valence-electron chi connectivity index (χ3n) is 4.85. The Hall–Kier alpha value is -2.04. The number of aliphatic hydroxyl groups excluding tert-OH is 1. The van der Waals surface area contributed by atoms with E-state index in [1.807, 2.05) is 13.8 Å². The van der Waals surface area contributed by atoms with Gasteiger partial charge in [-0.15, -0.1) is 0 Å². The van der Waals surface area contributed by atoms with E-state index in [4.69, 9.17) is 24.5 Å². The van der Waals surface area contributed by atoms with Crippen LogP contribution < -0.4 is 10.0 Å². The predicted octanol–water partition coefficient (Wildman–Crippen LogP) is 0.897. The van der Waals surface area contributed by atoms with Gasteiger partial charge in [0.15, 0.2) is 5.97 Å². The van der Waals surface area contributed by atoms with Crippen LogP contribution in [0.2, 0.25) is 0 Å². The van der Waals surface area contributed by atoms with E-state index in [9.17, 15) is 5.11 Å². The third-order valence-corrected chi connectivity index (χ3v) is 6.22. The molecule has 7 nitrogen and oxygen atoms in total. The number of rotatable bonds is 7. The normalized spacial score (nSPS) is 17.0. The van der Waals surface area contributed by atoms with Crippen molar-refractivity contribution in [1.29, 1.82) is 0 Å². The summed E-state index contributed by atoms with van der Waals surface area (Å²) in [4.78, 5) is 19.5. The highest BCUT2D eigenvalue weighted by Crippen LogP contribution is 2.32. The van der Waals surface area contributed by atoms with Gasteiger partial charge in [-0.05, 0) is 64.2 Å². The van der Waals surface area contributed by atoms with Gasteiger partial charge >= 0.3 is 5.97 Å². The lowest BCUT2D eigenvalue weighted by Gasteiger charge is -2.29. The van der Waals surface area contributed by atoms with Gasteiger partial charge in [-0.2, -0.15) is 22.7 Å². The van der Waals surface area contributed by atoms with E-state index < -0.39 is 11.9 Å². The highest BCUT2D eigenvalue weighted by molar-refractivity contribution is 7.08. The Bertz CT molecular complexity index is 787. The molecule has 0 aliphatic carbocycles. The van der Waals surface area contributed by atoms with E-state index in [1.54, 1.807) is 28.2 Å². The molecule has 3 rings (SSSR count). The summed E-state index contributed by atoms with van der Waals surface area (Å²) in [6.45, 7) is 7.42. The molecule has 0 saturated carbocycles. The molecule has 0 bridgehead atoms. The molecule has 9 heteroatoms. The number of nitrogens with one attached hydrogen (secondary N) is 1. The largest absolute Gasteiger partial charge is 0.539 e. The molecule has 1 atom stereocenters. The summed E-state index contributed by atoms with van der Waals surface area (Å²) in [5.41, 5.74) is 5.71. The van der Waals surface area contributed by atoms with E-state index in [0.29, 0.717) is 6.61 Å². The van der Waals surface area contributed by atoms with Crippen LogP contribution in [-0.2, 0) is 14.3 Å². The first kappa shape index (κ1) is 25.2. The van der Waals surface area contributed by atoms with Crippen LogP contribution >= 0.6 is 22.7 Å². The Kier molecular flexibility index (Phi) is 10.4. The summed E-state index contributed by atoms with van der Waals surface area (Å²) in [5.74, 6) is -4.01. The highest BCUT2D eigenvalue weighted by atomic mass is 32.1. The summed E-state index contributed by atoms with van der Waals surface area (Å²) in [6.07, 6.45) is 2.03. The standard InChI is InChI=1S/C20H27NO2S2.C2H2O4/c1-15(2)23-12-19(22)11-21-7-3-16(4-8-21)20(17-5-9-24-13-17)18-6-10-25-14-18;3-1(4)2(5)6/h5-6,9-10,13-15,19,22H,3-4,7-8,11-12H2,1-2H3;(H,3,4)(H,5,6). The number of carboxylic acid groups (broad SMARTS) is 2. The average molecular weight is 468 g/mol. The zero-order valence-corrected chi connectivity index (χ0v) is 19.3. The fourth-order valence-corrected chi connectivity index (χ4v) is 4.74. The van der Waals surface area contributed by atoms with Gasteiger partial charge in [-0.3, -0.25) is 0 Å². The summed E-state index contributed by atoms with van der Waals surface area (Å²) >= 11 is 3.53. The summed E-state index contributed by atoms with van der Waals surface area (Å²) in [5, 5.41) is 35.3. The fraction of sp³-hybridized carbons (Fsp3) is 0.455. The molecule has 1 fully saturated rings. The Balaban J connectivity index is 0.000000501. The van der Waals surface area contributed by atoms with Crippen LogP contribution in [0.15, 0.2) is 39.2 Å². The maximum Gasteiger partial charge on any atom is 0.351 e. The van der Waals surface area contributed by atoms with Crippen molar-refractivity contribution in [2.75, 3.05) is 26.2 Å². The number of carboxylic acids is 2. The van der Waals surface area contributed by atoms with Crippen molar-refractivity contribution in [3.8, 4) is 0 Å². The lowest BCUT2D eigenvalue weighted by Crippen LogP contribution is -3.14. The predicted molar refractivity (Wildman–Crippen MR) is 119 cm³/mol. The molecule has 2 aromatic heterocycles. The number of hydrogen-bond donors (Lipinski definition) is 3. The minimum absolute atomic E-state index is 0.180. The molecule has 3 heterocycles. The number of aliphatic carboxylic acids is 2. The van der Waals surface area contributed by atoms with Crippen LogP contribution in [0, 0.1) is 0 Å². The molecule has 170 valence electrons. The molecular formula is C22H29NO6S2. The van der Waals surface area contributed by atoms with Crippen molar-refractivity contribution in [1.82, 2.24) is 0 Å². The second-order valence-corrected chi connectivity index (χ2v) is 9.15. The van der Waals surface area contributed by atoms with Gasteiger partial charge in [0.25, 0.3) is 0 Å². The van der Waals surface area contributed by atoms with Gasteiger partial charge in [0, 0.05) is 12.8 Å². The summed E-state index contributed by atoms with van der Waals surface area (Å²) in [6, 6.07) is 4.47. The third kappa shape index (κ3) is 8.54. The van der Waals surface area contributed by atoms with Crippen molar-refractivity contribution in [3.05, 3.63) is 50.4 Å². The summed E-state index contributed by atoms with van der Waals surface area (Å²) < 4.78 is 5.53. The van der Waals surface area contributed by atoms with Gasteiger partial charge in [-0.1, -0.05) is 5.57 Å². The van der Waals surface area contributed by atoms with Crippen LogP contribution in [0.4, 0.5) is 0 Å². The van der Waals surface area contributed by atoms with Crippen molar-refractivity contribution in [2.45, 2.75) is 38.9 Å². The number of likely N-dealkylation sites (tertiary alicyclic amines) is 1. The average Bonchev–Trinajstić information content (AvgIpc) is 3.43.